The molecule has 0 spiro atoms. The number of carbonyl (C=O) groups excluding carboxylic acids is 1. The number of anilines is 1. The van der Waals surface area contributed by atoms with E-state index in [2.05, 4.69) is 20.7 Å². The molecule has 136 valence electrons. The zero-order valence-electron chi connectivity index (χ0n) is 14.5. The first-order chi connectivity index (χ1) is 13.2. The lowest BCUT2D eigenvalue weighted by Gasteiger charge is -2.08. The zero-order chi connectivity index (χ0) is 18.6. The molecule has 7 nitrogen and oxygen atoms in total. The fourth-order valence-electron chi connectivity index (χ4n) is 2.57. The molecule has 4 aromatic rings. The molecular weight excluding hydrogens is 362 g/mol. The van der Waals surface area contributed by atoms with E-state index < -0.39 is 0 Å². The van der Waals surface area contributed by atoms with E-state index in [1.165, 1.54) is 11.3 Å². The summed E-state index contributed by atoms with van der Waals surface area (Å²) < 4.78 is 7.00. The molecule has 2 N–H and O–H groups in total. The number of nitrogens with zero attached hydrogens (tertiary/aromatic N) is 3. The second-order valence-electron chi connectivity index (χ2n) is 5.87. The van der Waals surface area contributed by atoms with Crippen molar-refractivity contribution >= 4 is 23.2 Å². The Hall–Kier alpha value is -3.39. The lowest BCUT2D eigenvalue weighted by molar-refractivity contribution is 0.251. The van der Waals surface area contributed by atoms with Crippen molar-refractivity contribution in [2.75, 3.05) is 5.32 Å². The van der Waals surface area contributed by atoms with Crippen molar-refractivity contribution in [3.05, 3.63) is 71.4 Å². The maximum absolute atomic E-state index is 12.3. The maximum atomic E-state index is 12.3. The summed E-state index contributed by atoms with van der Waals surface area (Å²) in [7, 11) is 0. The van der Waals surface area contributed by atoms with Gasteiger partial charge in [-0.05, 0) is 24.6 Å². The van der Waals surface area contributed by atoms with Crippen molar-refractivity contribution in [2.24, 2.45) is 0 Å². The monoisotopic (exact) mass is 379 g/mol. The number of benzene rings is 1. The molecule has 0 saturated heterocycles. The van der Waals surface area contributed by atoms with E-state index in [-0.39, 0.29) is 6.03 Å². The highest BCUT2D eigenvalue weighted by atomic mass is 32.1. The molecule has 4 rings (SSSR count). The van der Waals surface area contributed by atoms with E-state index >= 15 is 0 Å². The van der Waals surface area contributed by atoms with Gasteiger partial charge in [0.05, 0.1) is 12.0 Å². The molecule has 0 aliphatic heterocycles. The molecular formula is C19H17N5O2S. The molecule has 0 radical (unpaired) electrons. The summed E-state index contributed by atoms with van der Waals surface area (Å²) in [6, 6.07) is 14.9. The van der Waals surface area contributed by atoms with Gasteiger partial charge in [-0.1, -0.05) is 30.3 Å². The first kappa shape index (κ1) is 17.0. The largest absolute Gasteiger partial charge is 0.463 e. The third kappa shape index (κ3) is 3.90. The number of carbonyl (C=O) groups is 1. The first-order valence-corrected chi connectivity index (χ1v) is 9.22. The van der Waals surface area contributed by atoms with Crippen molar-refractivity contribution in [1.29, 1.82) is 0 Å². The summed E-state index contributed by atoms with van der Waals surface area (Å²) in [5.74, 6) is 1.25. The SMILES string of the molecule is Cc1cc(NC(=O)NCc2ccccc2)n(-c2nc(-c3ccco3)cs2)n1. The molecule has 0 aliphatic carbocycles. The van der Waals surface area contributed by atoms with Gasteiger partial charge in [-0.2, -0.15) is 9.78 Å². The molecule has 0 saturated carbocycles. The molecule has 3 heterocycles. The second kappa shape index (κ2) is 7.46. The number of urea groups is 1. The number of aryl methyl sites for hydroxylation is 1. The Morgan fingerprint density at radius 2 is 2.07 bits per heavy atom. The molecule has 0 aliphatic rings. The smallest absolute Gasteiger partial charge is 0.320 e. The van der Waals surface area contributed by atoms with E-state index in [4.69, 9.17) is 4.42 Å². The van der Waals surface area contributed by atoms with Gasteiger partial charge in [-0.3, -0.25) is 5.32 Å². The van der Waals surface area contributed by atoms with Crippen molar-refractivity contribution in [1.82, 2.24) is 20.1 Å². The summed E-state index contributed by atoms with van der Waals surface area (Å²) in [4.78, 5) is 16.8. The fourth-order valence-corrected chi connectivity index (χ4v) is 3.35. The molecule has 0 bridgehead atoms. The zero-order valence-corrected chi connectivity index (χ0v) is 15.4. The number of hydrogen-bond donors (Lipinski definition) is 2. The highest BCUT2D eigenvalue weighted by molar-refractivity contribution is 7.12. The summed E-state index contributed by atoms with van der Waals surface area (Å²) in [6.07, 6.45) is 1.61. The minimum absolute atomic E-state index is 0.303. The third-order valence-electron chi connectivity index (χ3n) is 3.82. The molecule has 2 amide bonds. The van der Waals surface area contributed by atoms with Gasteiger partial charge in [0, 0.05) is 18.0 Å². The van der Waals surface area contributed by atoms with E-state index in [1.54, 1.807) is 17.0 Å². The van der Waals surface area contributed by atoms with Crippen LogP contribution < -0.4 is 10.6 Å². The van der Waals surface area contributed by atoms with Gasteiger partial charge < -0.3 is 9.73 Å². The van der Waals surface area contributed by atoms with Gasteiger partial charge in [0.1, 0.15) is 11.5 Å². The van der Waals surface area contributed by atoms with Crippen LogP contribution in [0.1, 0.15) is 11.3 Å². The van der Waals surface area contributed by atoms with Crippen LogP contribution in [0.3, 0.4) is 0 Å². The number of rotatable bonds is 5. The Kier molecular flexibility index (Phi) is 4.71. The topological polar surface area (TPSA) is 85.0 Å². The minimum atomic E-state index is -0.303. The van der Waals surface area contributed by atoms with Gasteiger partial charge in [0.25, 0.3) is 0 Å². The lowest BCUT2D eigenvalue weighted by atomic mass is 10.2. The fraction of sp³-hybridized carbons (Fsp3) is 0.105. The van der Waals surface area contributed by atoms with Gasteiger partial charge in [-0.15, -0.1) is 11.3 Å². The number of aromatic nitrogens is 3. The van der Waals surface area contributed by atoms with Crippen LogP contribution in [0, 0.1) is 6.92 Å². The highest BCUT2D eigenvalue weighted by Gasteiger charge is 2.15. The number of hydrogen-bond acceptors (Lipinski definition) is 5. The van der Waals surface area contributed by atoms with E-state index in [0.717, 1.165) is 17.0 Å². The van der Waals surface area contributed by atoms with Crippen LogP contribution in [0.5, 0.6) is 0 Å². The summed E-state index contributed by atoms with van der Waals surface area (Å²) >= 11 is 1.42. The summed E-state index contributed by atoms with van der Waals surface area (Å²) in [5, 5.41) is 12.7. The Morgan fingerprint density at radius 1 is 1.22 bits per heavy atom. The third-order valence-corrected chi connectivity index (χ3v) is 4.63. The quantitative estimate of drug-likeness (QED) is 0.544. The van der Waals surface area contributed by atoms with Gasteiger partial charge in [0.15, 0.2) is 5.76 Å². The molecule has 3 aromatic heterocycles. The maximum Gasteiger partial charge on any atom is 0.320 e. The molecule has 1 aromatic carbocycles. The molecule has 0 fully saturated rings. The van der Waals surface area contributed by atoms with Crippen molar-refractivity contribution < 1.29 is 9.21 Å². The predicted octanol–water partition coefficient (Wildman–Crippen LogP) is 4.22. The van der Waals surface area contributed by atoms with Crippen molar-refractivity contribution in [3.63, 3.8) is 0 Å². The van der Waals surface area contributed by atoms with Crippen LogP contribution in [-0.2, 0) is 6.54 Å². The van der Waals surface area contributed by atoms with Crippen LogP contribution in [-0.4, -0.2) is 20.8 Å². The van der Waals surface area contributed by atoms with Crippen LogP contribution in [0.2, 0.25) is 0 Å². The lowest BCUT2D eigenvalue weighted by Crippen LogP contribution is -2.29. The standard InChI is InChI=1S/C19H17N5O2S/c1-13-10-17(22-18(25)20-11-14-6-3-2-4-7-14)24(23-13)19-21-15(12-27-19)16-8-5-9-26-16/h2-10,12H,11H2,1H3,(H2,20,22,25). The average molecular weight is 379 g/mol. The minimum Gasteiger partial charge on any atom is -0.463 e. The van der Waals surface area contributed by atoms with Gasteiger partial charge >= 0.3 is 6.03 Å². The molecule has 8 heteroatoms. The average Bonchev–Trinajstić information content (AvgIpc) is 3.41. The van der Waals surface area contributed by atoms with E-state index in [9.17, 15) is 4.79 Å². The Labute approximate surface area is 159 Å². The summed E-state index contributed by atoms with van der Waals surface area (Å²) in [6.45, 7) is 2.31. The highest BCUT2D eigenvalue weighted by Crippen LogP contribution is 2.26. The van der Waals surface area contributed by atoms with Gasteiger partial charge in [-0.25, -0.2) is 9.78 Å². The number of thiazole rings is 1. The van der Waals surface area contributed by atoms with Crippen LogP contribution in [0.4, 0.5) is 10.6 Å². The normalized spacial score (nSPS) is 10.7. The van der Waals surface area contributed by atoms with E-state index in [0.29, 0.717) is 23.3 Å². The molecule has 0 unspecified atom stereocenters. The Bertz CT molecular complexity index is 1040. The number of furan rings is 1. The van der Waals surface area contributed by atoms with Gasteiger partial charge in [0.2, 0.25) is 5.13 Å². The van der Waals surface area contributed by atoms with Crippen molar-refractivity contribution in [3.8, 4) is 16.6 Å². The Morgan fingerprint density at radius 3 is 2.85 bits per heavy atom. The molecule has 0 atom stereocenters. The van der Waals surface area contributed by atoms with Crippen LogP contribution in [0.15, 0.2) is 64.6 Å². The predicted molar refractivity (Wildman–Crippen MR) is 104 cm³/mol. The van der Waals surface area contributed by atoms with Crippen LogP contribution in [0.25, 0.3) is 16.6 Å². The van der Waals surface area contributed by atoms with Crippen molar-refractivity contribution in [2.45, 2.75) is 13.5 Å². The Balaban J connectivity index is 1.49. The van der Waals surface area contributed by atoms with E-state index in [1.807, 2.05) is 54.8 Å². The summed E-state index contributed by atoms with van der Waals surface area (Å²) in [5.41, 5.74) is 2.54. The van der Waals surface area contributed by atoms with Crippen LogP contribution >= 0.6 is 11.3 Å². The molecule has 27 heavy (non-hydrogen) atoms. The number of nitrogens with one attached hydrogen (secondary N) is 2. The number of amides is 2. The first-order valence-electron chi connectivity index (χ1n) is 8.34. The second-order valence-corrected chi connectivity index (χ2v) is 6.71.